The average Bonchev–Trinajstić information content (AvgIpc) is 3.18. The molecule has 0 bridgehead atoms. The molecule has 0 spiro atoms. The molecule has 0 unspecified atom stereocenters. The number of ether oxygens (including phenoxy) is 1. The minimum atomic E-state index is -0.458. The number of Topliss-reactive ketones (excluding diaryl/α,β-unsaturated/α-hetero) is 1. The van der Waals surface area contributed by atoms with Crippen molar-refractivity contribution in [2.75, 3.05) is 13.2 Å². The highest BCUT2D eigenvalue weighted by Gasteiger charge is 2.28. The Morgan fingerprint density at radius 3 is 2.02 bits per heavy atom. The molecule has 0 atom stereocenters. The van der Waals surface area contributed by atoms with Gasteiger partial charge in [0.15, 0.2) is 5.78 Å². The van der Waals surface area contributed by atoms with Crippen LogP contribution in [0.1, 0.15) is 99.9 Å². The molecule has 0 aliphatic heterocycles. The Bertz CT molecular complexity index is 1390. The molecule has 0 aliphatic rings. The van der Waals surface area contributed by atoms with E-state index in [1.54, 1.807) is 29.8 Å². The number of phenolic OH excluding ortho intramolecular Hbond substituents is 1. The Labute approximate surface area is 255 Å². The first kappa shape index (κ1) is 34.1. The fourth-order valence-corrected chi connectivity index (χ4v) is 4.57. The second-order valence-electron chi connectivity index (χ2n) is 12.8. The number of aromatic nitrogens is 2. The fraction of sp³-hybridized carbons (Fsp3) is 0.485. The van der Waals surface area contributed by atoms with Gasteiger partial charge in [-0.1, -0.05) is 85.7 Å². The molecule has 1 aromatic heterocycles. The summed E-state index contributed by atoms with van der Waals surface area (Å²) in [6.45, 7) is 19.2. The van der Waals surface area contributed by atoms with E-state index in [0.717, 1.165) is 16.7 Å². The molecular weight excluding hydrogens is 582 g/mol. The summed E-state index contributed by atoms with van der Waals surface area (Å²) in [5.74, 6) is -0.0685. The van der Waals surface area contributed by atoms with E-state index in [1.165, 1.54) is 0 Å². The molecule has 224 valence electrons. The van der Waals surface area contributed by atoms with Gasteiger partial charge in [0, 0.05) is 29.4 Å². The molecule has 2 aromatic carbocycles. The number of nitrogens with zero attached hydrogens (tertiary/aromatic N) is 3. The Morgan fingerprint density at radius 2 is 1.54 bits per heavy atom. The summed E-state index contributed by atoms with van der Waals surface area (Å²) in [5.41, 5.74) is 3.15. The van der Waals surface area contributed by atoms with Crippen LogP contribution in [-0.2, 0) is 28.7 Å². The van der Waals surface area contributed by atoms with E-state index >= 15 is 0 Å². The molecule has 41 heavy (non-hydrogen) atoms. The van der Waals surface area contributed by atoms with Gasteiger partial charge in [0.2, 0.25) is 5.62 Å². The number of esters is 1. The summed E-state index contributed by atoms with van der Waals surface area (Å²) in [6.07, 6.45) is 1.67. The average molecular weight is 629 g/mol. The van der Waals surface area contributed by atoms with Crippen molar-refractivity contribution in [1.29, 1.82) is 0 Å². The van der Waals surface area contributed by atoms with Crippen molar-refractivity contribution in [2.24, 2.45) is 10.9 Å². The number of carbonyl (C=O) groups excluding carboxylic acids is 2. The van der Waals surface area contributed by atoms with Crippen molar-refractivity contribution >= 4 is 28.7 Å². The Hall–Kier alpha value is -3.13. The van der Waals surface area contributed by atoms with E-state index in [2.05, 4.69) is 13.8 Å². The summed E-state index contributed by atoms with van der Waals surface area (Å²) >= 11 is 0. The molecule has 0 radical (unpaired) electrons. The van der Waals surface area contributed by atoms with Crippen LogP contribution >= 0.6 is 17.0 Å². The zero-order chi connectivity index (χ0) is 29.8. The Balaban J connectivity index is 0.00000588. The molecule has 1 heterocycles. The molecule has 3 aromatic rings. The topological polar surface area (TPSA) is 85.8 Å². The lowest BCUT2D eigenvalue weighted by Gasteiger charge is -2.28. The number of phenols is 1. The van der Waals surface area contributed by atoms with E-state index in [-0.39, 0.29) is 58.4 Å². The molecular formula is C33H46BrN3O4. The van der Waals surface area contributed by atoms with Crippen LogP contribution in [-0.4, -0.2) is 39.1 Å². The standard InChI is InChI=1S/C33H45N3O4.BrH/c1-10-40-30(39)27-20-35(31(34-18-22(2)3)36(27)19-23-14-12-11-13-15-23)21-28(37)24-16-25(32(4,5)6)29(38)26(17-24)33(7,8)9;/h11-17,20,22,38H,10,18-19,21H2,1-9H3;1H. The number of halogens is 1. The molecule has 0 saturated carbocycles. The fourth-order valence-electron chi connectivity index (χ4n) is 4.57. The van der Waals surface area contributed by atoms with Gasteiger partial charge in [-0.25, -0.2) is 4.79 Å². The van der Waals surface area contributed by atoms with E-state index < -0.39 is 5.97 Å². The number of benzene rings is 2. The zero-order valence-electron chi connectivity index (χ0n) is 25.9. The number of carbonyl (C=O) groups is 2. The van der Waals surface area contributed by atoms with Gasteiger partial charge in [-0.05, 0) is 41.4 Å². The van der Waals surface area contributed by atoms with Crippen LogP contribution in [0, 0.1) is 5.92 Å². The van der Waals surface area contributed by atoms with Crippen LogP contribution < -0.4 is 5.62 Å². The quantitative estimate of drug-likeness (QED) is 0.208. The van der Waals surface area contributed by atoms with Crippen molar-refractivity contribution in [3.05, 3.63) is 82.2 Å². The number of hydrogen-bond donors (Lipinski definition) is 1. The molecule has 7 nitrogen and oxygen atoms in total. The monoisotopic (exact) mass is 627 g/mol. The van der Waals surface area contributed by atoms with E-state index in [9.17, 15) is 14.7 Å². The second-order valence-corrected chi connectivity index (χ2v) is 12.8. The molecule has 0 saturated heterocycles. The van der Waals surface area contributed by atoms with Crippen molar-refractivity contribution < 1.29 is 19.4 Å². The summed E-state index contributed by atoms with van der Waals surface area (Å²) in [7, 11) is 0. The van der Waals surface area contributed by atoms with Crippen LogP contribution in [0.3, 0.4) is 0 Å². The normalized spacial score (nSPS) is 12.4. The minimum Gasteiger partial charge on any atom is -0.507 e. The van der Waals surface area contributed by atoms with Gasteiger partial charge >= 0.3 is 5.97 Å². The van der Waals surface area contributed by atoms with Crippen molar-refractivity contribution in [1.82, 2.24) is 9.13 Å². The van der Waals surface area contributed by atoms with Gasteiger partial charge in [0.25, 0.3) is 0 Å². The smallest absolute Gasteiger partial charge is 0.356 e. The van der Waals surface area contributed by atoms with Gasteiger partial charge in [-0.2, -0.15) is 0 Å². The largest absolute Gasteiger partial charge is 0.507 e. The summed E-state index contributed by atoms with van der Waals surface area (Å²) in [4.78, 5) is 31.8. The second kappa shape index (κ2) is 13.7. The zero-order valence-corrected chi connectivity index (χ0v) is 27.7. The highest BCUT2D eigenvalue weighted by Crippen LogP contribution is 2.39. The number of aromatic hydroxyl groups is 1. The SMILES string of the molecule is Br.CCOC(=O)c1cn(CC(=O)c2cc(C(C)(C)C)c(O)c(C(C)(C)C)c2)c(=NCC(C)C)n1Cc1ccccc1. The Kier molecular flexibility index (Phi) is 11.4. The summed E-state index contributed by atoms with van der Waals surface area (Å²) < 4.78 is 8.97. The molecule has 0 fully saturated rings. The minimum absolute atomic E-state index is 0. The predicted molar refractivity (Wildman–Crippen MR) is 169 cm³/mol. The number of rotatable bonds is 9. The first-order chi connectivity index (χ1) is 18.6. The lowest BCUT2D eigenvalue weighted by Crippen LogP contribution is -2.31. The molecule has 1 N–H and O–H groups in total. The summed E-state index contributed by atoms with van der Waals surface area (Å²) in [5, 5.41) is 11.1. The summed E-state index contributed by atoms with van der Waals surface area (Å²) in [6, 6.07) is 13.4. The third kappa shape index (κ3) is 8.44. The maximum Gasteiger partial charge on any atom is 0.356 e. The van der Waals surface area contributed by atoms with E-state index in [1.807, 2.05) is 76.4 Å². The van der Waals surface area contributed by atoms with Crippen LogP contribution in [0.5, 0.6) is 5.75 Å². The van der Waals surface area contributed by atoms with Crippen LogP contribution in [0.2, 0.25) is 0 Å². The van der Waals surface area contributed by atoms with Crippen molar-refractivity contribution in [3.8, 4) is 5.75 Å². The van der Waals surface area contributed by atoms with E-state index in [4.69, 9.17) is 9.73 Å². The maximum absolute atomic E-state index is 13.9. The van der Waals surface area contributed by atoms with Crippen LogP contribution in [0.25, 0.3) is 0 Å². The van der Waals surface area contributed by atoms with Gasteiger partial charge in [-0.15, -0.1) is 17.0 Å². The first-order valence-electron chi connectivity index (χ1n) is 14.1. The number of imidazole rings is 1. The van der Waals surface area contributed by atoms with Crippen LogP contribution in [0.4, 0.5) is 0 Å². The van der Waals surface area contributed by atoms with E-state index in [0.29, 0.717) is 30.0 Å². The third-order valence-electron chi connectivity index (χ3n) is 6.70. The third-order valence-corrected chi connectivity index (χ3v) is 6.70. The molecule has 0 aliphatic carbocycles. The predicted octanol–water partition coefficient (Wildman–Crippen LogP) is 6.83. The maximum atomic E-state index is 13.9. The van der Waals surface area contributed by atoms with Gasteiger partial charge in [0.05, 0.1) is 19.7 Å². The van der Waals surface area contributed by atoms with Gasteiger partial charge in [-0.3, -0.25) is 9.79 Å². The molecule has 3 rings (SSSR count). The van der Waals surface area contributed by atoms with Gasteiger partial charge in [0.1, 0.15) is 11.4 Å². The highest BCUT2D eigenvalue weighted by molar-refractivity contribution is 8.93. The van der Waals surface area contributed by atoms with Crippen LogP contribution in [0.15, 0.2) is 53.7 Å². The molecule has 0 amide bonds. The van der Waals surface area contributed by atoms with Gasteiger partial charge < -0.3 is 19.0 Å². The lowest BCUT2D eigenvalue weighted by molar-refractivity contribution is 0.0513. The lowest BCUT2D eigenvalue weighted by atomic mass is 9.78. The Morgan fingerprint density at radius 1 is 0.976 bits per heavy atom. The van der Waals surface area contributed by atoms with Crippen molar-refractivity contribution in [3.63, 3.8) is 0 Å². The first-order valence-corrected chi connectivity index (χ1v) is 14.1. The van der Waals surface area contributed by atoms with Crippen molar-refractivity contribution in [2.45, 2.75) is 86.2 Å². The number of ketones is 1. The highest BCUT2D eigenvalue weighted by atomic mass is 79.9. The number of hydrogen-bond acceptors (Lipinski definition) is 5. The molecule has 8 heteroatoms.